The van der Waals surface area contributed by atoms with Crippen LogP contribution in [0.2, 0.25) is 0 Å². The average molecular weight is 274 g/mol. The zero-order valence-corrected chi connectivity index (χ0v) is 12.3. The lowest BCUT2D eigenvalue weighted by atomic mass is 10.0. The number of rotatable bonds is 5. The molecular weight excluding hydrogens is 254 g/mol. The first-order chi connectivity index (χ1) is 9.13. The summed E-state index contributed by atoms with van der Waals surface area (Å²) in [6.45, 7) is 4.17. The molecule has 1 nitrogen and oxygen atoms in total. The molecule has 0 aliphatic carbocycles. The Labute approximate surface area is 120 Å². The first kappa shape index (κ1) is 14.1. The normalized spacial score (nSPS) is 12.4. The summed E-state index contributed by atoms with van der Waals surface area (Å²) in [7, 11) is 0. The van der Waals surface area contributed by atoms with Gasteiger partial charge in [-0.2, -0.15) is 0 Å². The van der Waals surface area contributed by atoms with Gasteiger partial charge in [0.15, 0.2) is 0 Å². The van der Waals surface area contributed by atoms with Gasteiger partial charge in [-0.3, -0.25) is 4.98 Å². The highest BCUT2D eigenvalue weighted by Crippen LogP contribution is 2.14. The van der Waals surface area contributed by atoms with E-state index in [-0.39, 0.29) is 5.38 Å². The van der Waals surface area contributed by atoms with Crippen molar-refractivity contribution in [3.8, 4) is 0 Å². The molecule has 1 heterocycles. The lowest BCUT2D eigenvalue weighted by Crippen LogP contribution is -2.06. The summed E-state index contributed by atoms with van der Waals surface area (Å²) >= 11 is 6.40. The second-order valence-corrected chi connectivity index (χ2v) is 5.77. The molecule has 100 valence electrons. The van der Waals surface area contributed by atoms with Gasteiger partial charge in [0.25, 0.3) is 0 Å². The summed E-state index contributed by atoms with van der Waals surface area (Å²) in [4.78, 5) is 4.40. The summed E-state index contributed by atoms with van der Waals surface area (Å²) in [6.07, 6.45) is 4.76. The molecule has 0 spiro atoms. The van der Waals surface area contributed by atoms with E-state index in [1.54, 1.807) is 0 Å². The van der Waals surface area contributed by atoms with Gasteiger partial charge >= 0.3 is 0 Å². The van der Waals surface area contributed by atoms with Crippen LogP contribution in [0, 0.1) is 13.8 Å². The van der Waals surface area contributed by atoms with Crippen LogP contribution in [-0.4, -0.2) is 10.4 Å². The second kappa shape index (κ2) is 6.72. The molecule has 1 aromatic carbocycles. The van der Waals surface area contributed by atoms with Crippen molar-refractivity contribution in [2.75, 3.05) is 0 Å². The van der Waals surface area contributed by atoms with Gasteiger partial charge in [0.2, 0.25) is 0 Å². The molecule has 0 N–H and O–H groups in total. The Balaban J connectivity index is 1.84. The van der Waals surface area contributed by atoms with Crippen LogP contribution in [0.1, 0.15) is 28.8 Å². The quantitative estimate of drug-likeness (QED) is 0.732. The van der Waals surface area contributed by atoms with Crippen LogP contribution >= 0.6 is 11.6 Å². The number of hydrogen-bond donors (Lipinski definition) is 0. The number of alkyl halides is 1. The van der Waals surface area contributed by atoms with E-state index >= 15 is 0 Å². The molecule has 0 amide bonds. The van der Waals surface area contributed by atoms with Gasteiger partial charge in [0.05, 0.1) is 0 Å². The van der Waals surface area contributed by atoms with Crippen molar-refractivity contribution in [3.63, 3.8) is 0 Å². The SMILES string of the molecule is Cc1ccc(CC(Cl)CCc2cccc(C)c2)nc1. The highest BCUT2D eigenvalue weighted by Gasteiger charge is 2.07. The van der Waals surface area contributed by atoms with E-state index in [2.05, 4.69) is 48.3 Å². The van der Waals surface area contributed by atoms with Crippen LogP contribution in [0.4, 0.5) is 0 Å². The molecule has 2 aromatic rings. The van der Waals surface area contributed by atoms with E-state index in [9.17, 15) is 0 Å². The van der Waals surface area contributed by atoms with Gasteiger partial charge in [-0.15, -0.1) is 11.6 Å². The van der Waals surface area contributed by atoms with Gasteiger partial charge < -0.3 is 0 Å². The number of aromatic nitrogens is 1. The van der Waals surface area contributed by atoms with Crippen LogP contribution in [0.15, 0.2) is 42.6 Å². The zero-order valence-electron chi connectivity index (χ0n) is 11.6. The lowest BCUT2D eigenvalue weighted by Gasteiger charge is -2.09. The van der Waals surface area contributed by atoms with E-state index in [0.717, 1.165) is 25.0 Å². The largest absolute Gasteiger partial charge is 0.261 e. The highest BCUT2D eigenvalue weighted by molar-refractivity contribution is 6.20. The molecule has 0 bridgehead atoms. The fraction of sp³-hybridized carbons (Fsp3) is 0.353. The maximum absolute atomic E-state index is 6.40. The summed E-state index contributed by atoms with van der Waals surface area (Å²) in [5.74, 6) is 0. The average Bonchev–Trinajstić information content (AvgIpc) is 2.39. The third kappa shape index (κ3) is 4.68. The van der Waals surface area contributed by atoms with Gasteiger partial charge in [-0.1, -0.05) is 35.9 Å². The van der Waals surface area contributed by atoms with Crippen molar-refractivity contribution in [3.05, 3.63) is 65.0 Å². The van der Waals surface area contributed by atoms with E-state index in [4.69, 9.17) is 11.6 Å². The van der Waals surface area contributed by atoms with Crippen molar-refractivity contribution < 1.29 is 0 Å². The Bertz CT molecular complexity index is 519. The third-order valence-electron chi connectivity index (χ3n) is 3.23. The number of hydrogen-bond acceptors (Lipinski definition) is 1. The monoisotopic (exact) mass is 273 g/mol. The van der Waals surface area contributed by atoms with Crippen molar-refractivity contribution in [2.24, 2.45) is 0 Å². The van der Waals surface area contributed by atoms with E-state index in [0.29, 0.717) is 0 Å². The van der Waals surface area contributed by atoms with Gasteiger partial charge in [-0.05, 0) is 43.9 Å². The highest BCUT2D eigenvalue weighted by atomic mass is 35.5. The number of halogens is 1. The van der Waals surface area contributed by atoms with Crippen LogP contribution < -0.4 is 0 Å². The van der Waals surface area contributed by atoms with Crippen molar-refractivity contribution >= 4 is 11.6 Å². The standard InChI is InChI=1S/C17H20ClN/c1-13-4-3-5-15(10-13)7-8-16(18)11-17-9-6-14(2)12-19-17/h3-6,9-10,12,16H,7-8,11H2,1-2H3. The molecule has 0 fully saturated rings. The molecule has 0 radical (unpaired) electrons. The van der Waals surface area contributed by atoms with Crippen LogP contribution in [0.5, 0.6) is 0 Å². The summed E-state index contributed by atoms with van der Waals surface area (Å²) in [5.41, 5.74) is 4.94. The molecule has 2 rings (SSSR count). The van der Waals surface area contributed by atoms with Crippen LogP contribution in [-0.2, 0) is 12.8 Å². The molecule has 1 atom stereocenters. The Kier molecular flexibility index (Phi) is 4.98. The van der Waals surface area contributed by atoms with E-state index < -0.39 is 0 Å². The third-order valence-corrected chi connectivity index (χ3v) is 3.60. The number of nitrogens with zero attached hydrogens (tertiary/aromatic N) is 1. The van der Waals surface area contributed by atoms with Crippen molar-refractivity contribution in [1.29, 1.82) is 0 Å². The fourth-order valence-electron chi connectivity index (χ4n) is 2.14. The predicted molar refractivity (Wildman–Crippen MR) is 81.8 cm³/mol. The van der Waals surface area contributed by atoms with Crippen LogP contribution in [0.25, 0.3) is 0 Å². The predicted octanol–water partition coefficient (Wildman–Crippen LogP) is 4.48. The minimum Gasteiger partial charge on any atom is -0.261 e. The second-order valence-electron chi connectivity index (χ2n) is 5.16. The Hall–Kier alpha value is -1.34. The molecule has 1 aromatic heterocycles. The van der Waals surface area contributed by atoms with Crippen molar-refractivity contribution in [2.45, 2.75) is 38.5 Å². The van der Waals surface area contributed by atoms with E-state index in [1.807, 2.05) is 13.1 Å². The maximum Gasteiger partial charge on any atom is 0.0418 e. The molecule has 0 saturated heterocycles. The Morgan fingerprint density at radius 1 is 1.11 bits per heavy atom. The fourth-order valence-corrected chi connectivity index (χ4v) is 2.41. The molecule has 1 unspecified atom stereocenters. The molecular formula is C17H20ClN. The maximum atomic E-state index is 6.40. The lowest BCUT2D eigenvalue weighted by molar-refractivity contribution is 0.731. The minimum absolute atomic E-state index is 0.149. The van der Waals surface area contributed by atoms with E-state index in [1.165, 1.54) is 16.7 Å². The first-order valence-electron chi connectivity index (χ1n) is 6.74. The van der Waals surface area contributed by atoms with Gasteiger partial charge in [0.1, 0.15) is 0 Å². The first-order valence-corrected chi connectivity index (χ1v) is 7.18. The molecule has 0 saturated carbocycles. The van der Waals surface area contributed by atoms with Gasteiger partial charge in [0, 0.05) is 23.7 Å². The Morgan fingerprint density at radius 2 is 1.95 bits per heavy atom. The van der Waals surface area contributed by atoms with Crippen LogP contribution in [0.3, 0.4) is 0 Å². The van der Waals surface area contributed by atoms with Gasteiger partial charge in [-0.25, -0.2) is 0 Å². The Morgan fingerprint density at radius 3 is 2.63 bits per heavy atom. The molecule has 0 aliphatic rings. The number of pyridine rings is 1. The molecule has 0 aliphatic heterocycles. The summed E-state index contributed by atoms with van der Waals surface area (Å²) in [5, 5.41) is 0.149. The zero-order chi connectivity index (χ0) is 13.7. The van der Waals surface area contributed by atoms with Crippen molar-refractivity contribution in [1.82, 2.24) is 4.98 Å². The summed E-state index contributed by atoms with van der Waals surface area (Å²) in [6, 6.07) is 12.8. The molecule has 19 heavy (non-hydrogen) atoms. The minimum atomic E-state index is 0.149. The summed E-state index contributed by atoms with van der Waals surface area (Å²) < 4.78 is 0. The molecule has 2 heteroatoms. The number of aryl methyl sites for hydroxylation is 3. The smallest absolute Gasteiger partial charge is 0.0418 e. The topological polar surface area (TPSA) is 12.9 Å². The number of benzene rings is 1.